The van der Waals surface area contributed by atoms with E-state index in [9.17, 15) is 13.6 Å². The third-order valence-corrected chi connectivity index (χ3v) is 2.85. The summed E-state index contributed by atoms with van der Waals surface area (Å²) in [5.74, 6) is -1.91. The van der Waals surface area contributed by atoms with Gasteiger partial charge in [0.25, 0.3) is 0 Å². The van der Waals surface area contributed by atoms with Crippen LogP contribution in [0, 0.1) is 11.6 Å². The molecule has 1 heterocycles. The highest BCUT2D eigenvalue weighted by Crippen LogP contribution is 2.20. The molecule has 0 atom stereocenters. The molecule has 0 amide bonds. The molecule has 6 heteroatoms. The fraction of sp³-hybridized carbons (Fsp3) is 0.0769. The van der Waals surface area contributed by atoms with Crippen LogP contribution in [-0.2, 0) is 6.42 Å². The van der Waals surface area contributed by atoms with Crippen LogP contribution in [0.2, 0.25) is 10.0 Å². The molecule has 0 radical (unpaired) electrons. The van der Waals surface area contributed by atoms with Crippen LogP contribution in [-0.4, -0.2) is 10.8 Å². The molecular weight excluding hydrogens is 295 g/mol. The average Bonchev–Trinajstić information content (AvgIpc) is 2.26. The minimum Gasteiger partial charge on any atom is -0.292 e. The topological polar surface area (TPSA) is 30.0 Å². The lowest BCUT2D eigenvalue weighted by atomic mass is 10.1. The van der Waals surface area contributed by atoms with Crippen molar-refractivity contribution in [1.82, 2.24) is 4.98 Å². The summed E-state index contributed by atoms with van der Waals surface area (Å²) in [6, 6.07) is 4.30. The number of hydrogen-bond acceptors (Lipinski definition) is 2. The number of hydrogen-bond donors (Lipinski definition) is 0. The summed E-state index contributed by atoms with van der Waals surface area (Å²) in [5, 5.41) is 0.410. The van der Waals surface area contributed by atoms with Crippen LogP contribution in [0.4, 0.5) is 8.78 Å². The summed E-state index contributed by atoms with van der Waals surface area (Å²) in [7, 11) is 0. The summed E-state index contributed by atoms with van der Waals surface area (Å²) in [6.07, 6.45) is 1.09. The Hall–Kier alpha value is -1.52. The Kier molecular flexibility index (Phi) is 4.12. The van der Waals surface area contributed by atoms with Crippen LogP contribution in [0.25, 0.3) is 0 Å². The van der Waals surface area contributed by atoms with Crippen molar-refractivity contribution < 1.29 is 13.6 Å². The fourth-order valence-corrected chi connectivity index (χ4v) is 2.09. The molecule has 98 valence electrons. The number of benzene rings is 1. The Balaban J connectivity index is 2.25. The van der Waals surface area contributed by atoms with Gasteiger partial charge in [0.2, 0.25) is 0 Å². The number of carbonyl (C=O) groups is 1. The molecule has 0 aliphatic carbocycles. The zero-order valence-electron chi connectivity index (χ0n) is 9.46. The molecule has 0 unspecified atom stereocenters. The number of ketones is 1. The van der Waals surface area contributed by atoms with E-state index in [1.54, 1.807) is 0 Å². The highest BCUT2D eigenvalue weighted by atomic mass is 35.5. The standard InChI is InChI=1S/C13H7Cl2F2NO/c14-8-4-11(15)13(18-6-8)12(19)3-7-1-9(16)5-10(17)2-7/h1-2,4-6H,3H2. The molecule has 2 aromatic rings. The van der Waals surface area contributed by atoms with Gasteiger partial charge < -0.3 is 0 Å². The lowest BCUT2D eigenvalue weighted by Gasteiger charge is -2.04. The Bertz CT molecular complexity index is 626. The highest BCUT2D eigenvalue weighted by Gasteiger charge is 2.14. The normalized spacial score (nSPS) is 10.5. The minimum absolute atomic E-state index is 0.0238. The number of aromatic nitrogens is 1. The Morgan fingerprint density at radius 2 is 1.74 bits per heavy atom. The lowest BCUT2D eigenvalue weighted by Crippen LogP contribution is -2.07. The van der Waals surface area contributed by atoms with Gasteiger partial charge in [-0.05, 0) is 23.8 Å². The van der Waals surface area contributed by atoms with Crippen LogP contribution >= 0.6 is 23.2 Å². The van der Waals surface area contributed by atoms with E-state index in [0.29, 0.717) is 5.02 Å². The average molecular weight is 302 g/mol. The van der Waals surface area contributed by atoms with Crippen LogP contribution < -0.4 is 0 Å². The molecule has 0 bridgehead atoms. The van der Waals surface area contributed by atoms with Gasteiger partial charge in [0.1, 0.15) is 17.3 Å². The summed E-state index contributed by atoms with van der Waals surface area (Å²) in [6.45, 7) is 0. The molecule has 19 heavy (non-hydrogen) atoms. The van der Waals surface area contributed by atoms with Crippen LogP contribution in [0.15, 0.2) is 30.5 Å². The SMILES string of the molecule is O=C(Cc1cc(F)cc(F)c1)c1ncc(Cl)cc1Cl. The van der Waals surface area contributed by atoms with Crippen LogP contribution in [0.1, 0.15) is 16.1 Å². The number of carbonyl (C=O) groups excluding carboxylic acids is 1. The maximum atomic E-state index is 13.0. The summed E-state index contributed by atoms with van der Waals surface area (Å²) in [5.41, 5.74) is 0.242. The number of rotatable bonds is 3. The molecule has 0 N–H and O–H groups in total. The van der Waals surface area contributed by atoms with Gasteiger partial charge in [-0.1, -0.05) is 23.2 Å². The van der Waals surface area contributed by atoms with E-state index in [0.717, 1.165) is 18.2 Å². The van der Waals surface area contributed by atoms with E-state index < -0.39 is 17.4 Å². The second-order valence-electron chi connectivity index (χ2n) is 3.86. The third kappa shape index (κ3) is 3.49. The molecule has 0 aliphatic rings. The molecule has 0 spiro atoms. The van der Waals surface area contributed by atoms with E-state index in [1.165, 1.54) is 12.3 Å². The zero-order valence-corrected chi connectivity index (χ0v) is 11.0. The van der Waals surface area contributed by atoms with E-state index in [-0.39, 0.29) is 22.7 Å². The first-order valence-corrected chi connectivity index (χ1v) is 6.00. The largest absolute Gasteiger partial charge is 0.292 e. The molecule has 2 rings (SSSR count). The van der Waals surface area contributed by atoms with Gasteiger partial charge in [-0.15, -0.1) is 0 Å². The third-order valence-electron chi connectivity index (χ3n) is 2.36. The Labute approximate surface area is 118 Å². The van der Waals surface area contributed by atoms with Gasteiger partial charge in [0.15, 0.2) is 5.78 Å². The number of Topliss-reactive ketones (excluding diaryl/α,β-unsaturated/α-hetero) is 1. The predicted molar refractivity (Wildman–Crippen MR) is 68.6 cm³/mol. The monoisotopic (exact) mass is 301 g/mol. The summed E-state index contributed by atoms with van der Waals surface area (Å²) >= 11 is 11.5. The second-order valence-corrected chi connectivity index (χ2v) is 4.71. The number of halogens is 4. The Morgan fingerprint density at radius 1 is 1.11 bits per heavy atom. The van der Waals surface area contributed by atoms with Crippen LogP contribution in [0.3, 0.4) is 0 Å². The van der Waals surface area contributed by atoms with Gasteiger partial charge in [-0.3, -0.25) is 4.79 Å². The molecule has 2 nitrogen and oxygen atoms in total. The van der Waals surface area contributed by atoms with Crippen LogP contribution in [0.5, 0.6) is 0 Å². The van der Waals surface area contributed by atoms with Crippen molar-refractivity contribution in [2.45, 2.75) is 6.42 Å². The first-order chi connectivity index (χ1) is 8.95. The maximum Gasteiger partial charge on any atom is 0.187 e. The fourth-order valence-electron chi connectivity index (χ4n) is 1.60. The molecule has 0 saturated carbocycles. The van der Waals surface area contributed by atoms with Crippen molar-refractivity contribution in [1.29, 1.82) is 0 Å². The van der Waals surface area contributed by atoms with Crippen molar-refractivity contribution in [2.75, 3.05) is 0 Å². The molecule has 0 fully saturated rings. The molecular formula is C13H7Cl2F2NO. The first kappa shape index (κ1) is 13.9. The molecule has 1 aromatic carbocycles. The highest BCUT2D eigenvalue weighted by molar-refractivity contribution is 6.36. The number of pyridine rings is 1. The summed E-state index contributed by atoms with van der Waals surface area (Å²) < 4.78 is 26.0. The Morgan fingerprint density at radius 3 is 2.32 bits per heavy atom. The lowest BCUT2D eigenvalue weighted by molar-refractivity contribution is 0.0988. The van der Waals surface area contributed by atoms with E-state index in [2.05, 4.69) is 4.98 Å². The zero-order chi connectivity index (χ0) is 14.0. The first-order valence-electron chi connectivity index (χ1n) is 5.25. The van der Waals surface area contributed by atoms with Gasteiger partial charge >= 0.3 is 0 Å². The quantitative estimate of drug-likeness (QED) is 0.799. The van der Waals surface area contributed by atoms with Gasteiger partial charge in [-0.25, -0.2) is 13.8 Å². The second kappa shape index (κ2) is 5.63. The van der Waals surface area contributed by atoms with Gasteiger partial charge in [0.05, 0.1) is 10.0 Å². The summed E-state index contributed by atoms with van der Waals surface area (Å²) in [4.78, 5) is 15.8. The molecule has 0 aliphatic heterocycles. The molecule has 0 saturated heterocycles. The van der Waals surface area contributed by atoms with E-state index in [4.69, 9.17) is 23.2 Å². The van der Waals surface area contributed by atoms with Gasteiger partial charge in [0, 0.05) is 18.7 Å². The number of nitrogens with zero attached hydrogens (tertiary/aromatic N) is 1. The van der Waals surface area contributed by atoms with Crippen molar-refractivity contribution in [3.63, 3.8) is 0 Å². The van der Waals surface area contributed by atoms with Crippen molar-refractivity contribution in [3.8, 4) is 0 Å². The smallest absolute Gasteiger partial charge is 0.187 e. The molecule has 1 aromatic heterocycles. The predicted octanol–water partition coefficient (Wildman–Crippen LogP) is 4.09. The van der Waals surface area contributed by atoms with Gasteiger partial charge in [-0.2, -0.15) is 0 Å². The van der Waals surface area contributed by atoms with Crippen molar-refractivity contribution >= 4 is 29.0 Å². The van der Waals surface area contributed by atoms with E-state index >= 15 is 0 Å². The maximum absolute atomic E-state index is 13.0. The van der Waals surface area contributed by atoms with E-state index in [1.807, 2.05) is 0 Å². The van der Waals surface area contributed by atoms with Crippen molar-refractivity contribution in [2.24, 2.45) is 0 Å². The van der Waals surface area contributed by atoms with Crippen molar-refractivity contribution in [3.05, 3.63) is 63.4 Å². The minimum atomic E-state index is -0.738.